The number of furan rings is 1. The van der Waals surface area contributed by atoms with Gasteiger partial charge in [0, 0.05) is 12.7 Å². The highest BCUT2D eigenvalue weighted by molar-refractivity contribution is 7.20. The van der Waals surface area contributed by atoms with E-state index in [1.165, 1.54) is 22.2 Å². The van der Waals surface area contributed by atoms with Crippen molar-refractivity contribution in [3.05, 3.63) is 63.7 Å². The van der Waals surface area contributed by atoms with Crippen molar-refractivity contribution >= 4 is 44.2 Å². The van der Waals surface area contributed by atoms with Crippen LogP contribution in [0, 0.1) is 6.92 Å². The highest BCUT2D eigenvalue weighted by Gasteiger charge is 2.19. The lowest BCUT2D eigenvalue weighted by atomic mass is 10.2. The number of imidazole rings is 1. The SMILES string of the molecule is Cc1c(C(=O)Nc2ccc3nc(-c4ccco4)[nH]c3c2)sc2ncn(C)c(=O)c12. The van der Waals surface area contributed by atoms with E-state index in [9.17, 15) is 9.59 Å². The Balaban J connectivity index is 1.48. The van der Waals surface area contributed by atoms with E-state index < -0.39 is 0 Å². The molecule has 1 aromatic carbocycles. The quantitative estimate of drug-likeness (QED) is 0.476. The van der Waals surface area contributed by atoms with Crippen LogP contribution in [0.1, 0.15) is 15.2 Å². The van der Waals surface area contributed by atoms with Crippen molar-refractivity contribution < 1.29 is 9.21 Å². The van der Waals surface area contributed by atoms with E-state index in [1.807, 2.05) is 18.2 Å². The van der Waals surface area contributed by atoms with Crippen LogP contribution in [0.25, 0.3) is 32.8 Å². The standard InChI is InChI=1S/C20H15N5O3S/c1-10-15-19(21-9-25(2)20(15)27)29-16(10)18(26)22-11-5-6-12-13(8-11)24-17(23-12)14-4-3-7-28-14/h3-9H,1-2H3,(H,22,26)(H,23,24). The molecule has 144 valence electrons. The molecule has 4 aromatic heterocycles. The molecule has 2 N–H and O–H groups in total. The predicted octanol–water partition coefficient (Wildman–Crippen LogP) is 3.69. The van der Waals surface area contributed by atoms with E-state index in [0.29, 0.717) is 37.9 Å². The normalized spacial score (nSPS) is 11.4. The Morgan fingerprint density at radius 2 is 2.17 bits per heavy atom. The smallest absolute Gasteiger partial charge is 0.266 e. The number of rotatable bonds is 3. The lowest BCUT2D eigenvalue weighted by molar-refractivity contribution is 0.103. The molecule has 0 fully saturated rings. The summed E-state index contributed by atoms with van der Waals surface area (Å²) in [5, 5.41) is 3.38. The molecule has 0 saturated heterocycles. The molecule has 5 rings (SSSR count). The minimum absolute atomic E-state index is 0.160. The van der Waals surface area contributed by atoms with E-state index >= 15 is 0 Å². The van der Waals surface area contributed by atoms with Crippen LogP contribution in [0.5, 0.6) is 0 Å². The highest BCUT2D eigenvalue weighted by atomic mass is 32.1. The van der Waals surface area contributed by atoms with Crippen LogP contribution in [-0.4, -0.2) is 25.4 Å². The first-order chi connectivity index (χ1) is 14.0. The maximum Gasteiger partial charge on any atom is 0.266 e. The number of carbonyl (C=O) groups is 1. The molecule has 0 radical (unpaired) electrons. The van der Waals surface area contributed by atoms with Crippen molar-refractivity contribution in [2.24, 2.45) is 7.05 Å². The number of H-pyrrole nitrogens is 1. The number of thiophene rings is 1. The number of aromatic amines is 1. The molecular formula is C20H15N5O3S. The van der Waals surface area contributed by atoms with Crippen molar-refractivity contribution in [1.82, 2.24) is 19.5 Å². The van der Waals surface area contributed by atoms with Crippen molar-refractivity contribution in [2.75, 3.05) is 5.32 Å². The van der Waals surface area contributed by atoms with Gasteiger partial charge in [-0.05, 0) is 42.8 Å². The highest BCUT2D eigenvalue weighted by Crippen LogP contribution is 2.28. The van der Waals surface area contributed by atoms with Gasteiger partial charge in [-0.3, -0.25) is 9.59 Å². The van der Waals surface area contributed by atoms with Crippen LogP contribution in [0.4, 0.5) is 5.69 Å². The van der Waals surface area contributed by atoms with Gasteiger partial charge in [0.25, 0.3) is 11.5 Å². The summed E-state index contributed by atoms with van der Waals surface area (Å²) in [5.41, 5.74) is 2.64. The minimum atomic E-state index is -0.280. The zero-order chi connectivity index (χ0) is 20.1. The molecule has 9 heteroatoms. The lowest BCUT2D eigenvalue weighted by Gasteiger charge is -2.04. The molecule has 0 saturated carbocycles. The van der Waals surface area contributed by atoms with Gasteiger partial charge in [0.1, 0.15) is 4.83 Å². The van der Waals surface area contributed by atoms with E-state index in [0.717, 1.165) is 11.0 Å². The van der Waals surface area contributed by atoms with Crippen molar-refractivity contribution in [3.8, 4) is 11.6 Å². The molecule has 4 heterocycles. The molecule has 1 amide bonds. The third kappa shape index (κ3) is 2.83. The van der Waals surface area contributed by atoms with E-state index in [-0.39, 0.29) is 11.5 Å². The summed E-state index contributed by atoms with van der Waals surface area (Å²) in [6.45, 7) is 1.77. The molecule has 29 heavy (non-hydrogen) atoms. The monoisotopic (exact) mass is 405 g/mol. The summed E-state index contributed by atoms with van der Waals surface area (Å²) in [7, 11) is 1.64. The molecule has 0 aliphatic carbocycles. The summed E-state index contributed by atoms with van der Waals surface area (Å²) >= 11 is 1.21. The Hall–Kier alpha value is -3.72. The number of amides is 1. The van der Waals surface area contributed by atoms with Gasteiger partial charge >= 0.3 is 0 Å². The number of anilines is 1. The molecule has 0 aliphatic rings. The van der Waals surface area contributed by atoms with Gasteiger partial charge in [-0.2, -0.15) is 0 Å². The zero-order valence-corrected chi connectivity index (χ0v) is 16.3. The van der Waals surface area contributed by atoms with Gasteiger partial charge in [0.2, 0.25) is 0 Å². The van der Waals surface area contributed by atoms with Crippen LogP contribution >= 0.6 is 11.3 Å². The van der Waals surface area contributed by atoms with Gasteiger partial charge in [0.15, 0.2) is 11.6 Å². The van der Waals surface area contributed by atoms with Crippen LogP contribution in [0.15, 0.2) is 52.1 Å². The topological polar surface area (TPSA) is 106 Å². The van der Waals surface area contributed by atoms with Crippen LogP contribution in [0.3, 0.4) is 0 Å². The predicted molar refractivity (Wildman–Crippen MR) is 111 cm³/mol. The number of aryl methyl sites for hydroxylation is 2. The summed E-state index contributed by atoms with van der Waals surface area (Å²) in [5.74, 6) is 0.982. The fourth-order valence-electron chi connectivity index (χ4n) is 3.23. The Kier molecular flexibility index (Phi) is 3.85. The Morgan fingerprint density at radius 3 is 2.97 bits per heavy atom. The largest absolute Gasteiger partial charge is 0.461 e. The molecule has 0 unspecified atom stereocenters. The summed E-state index contributed by atoms with van der Waals surface area (Å²) in [6, 6.07) is 9.04. The van der Waals surface area contributed by atoms with E-state index in [2.05, 4.69) is 20.3 Å². The average molecular weight is 405 g/mol. The first-order valence-corrected chi connectivity index (χ1v) is 9.62. The Morgan fingerprint density at radius 1 is 1.31 bits per heavy atom. The van der Waals surface area contributed by atoms with Gasteiger partial charge in [-0.15, -0.1) is 11.3 Å². The zero-order valence-electron chi connectivity index (χ0n) is 15.5. The van der Waals surface area contributed by atoms with Gasteiger partial charge in [0.05, 0.1) is 33.9 Å². The molecule has 8 nitrogen and oxygen atoms in total. The Labute approximate surface area is 167 Å². The number of carbonyl (C=O) groups excluding carboxylic acids is 1. The lowest BCUT2D eigenvalue weighted by Crippen LogP contribution is -2.17. The number of benzene rings is 1. The van der Waals surface area contributed by atoms with Crippen molar-refractivity contribution in [2.45, 2.75) is 6.92 Å². The summed E-state index contributed by atoms with van der Waals surface area (Å²) in [6.07, 6.45) is 3.05. The van der Waals surface area contributed by atoms with Gasteiger partial charge in [-0.1, -0.05) is 0 Å². The summed E-state index contributed by atoms with van der Waals surface area (Å²) < 4.78 is 6.78. The van der Waals surface area contributed by atoms with Crippen molar-refractivity contribution in [3.63, 3.8) is 0 Å². The molecule has 0 bridgehead atoms. The first-order valence-electron chi connectivity index (χ1n) is 8.81. The van der Waals surface area contributed by atoms with Crippen LogP contribution in [-0.2, 0) is 7.05 Å². The van der Waals surface area contributed by atoms with Gasteiger partial charge in [-0.25, -0.2) is 9.97 Å². The number of nitrogens with one attached hydrogen (secondary N) is 2. The number of aromatic nitrogens is 4. The van der Waals surface area contributed by atoms with Crippen LogP contribution in [0.2, 0.25) is 0 Å². The van der Waals surface area contributed by atoms with E-state index in [1.54, 1.807) is 32.4 Å². The van der Waals surface area contributed by atoms with Gasteiger partial charge < -0.3 is 19.3 Å². The summed E-state index contributed by atoms with van der Waals surface area (Å²) in [4.78, 5) is 38.2. The number of fused-ring (bicyclic) bond motifs is 2. The second kappa shape index (κ2) is 6.42. The number of hydrogen-bond acceptors (Lipinski definition) is 6. The number of hydrogen-bond donors (Lipinski definition) is 2. The minimum Gasteiger partial charge on any atom is -0.461 e. The van der Waals surface area contributed by atoms with E-state index in [4.69, 9.17) is 4.42 Å². The second-order valence-corrected chi connectivity index (χ2v) is 7.64. The maximum absolute atomic E-state index is 12.9. The molecular weight excluding hydrogens is 390 g/mol. The Bertz CT molecular complexity index is 1440. The maximum atomic E-state index is 12.9. The first kappa shape index (κ1) is 17.4. The fourth-order valence-corrected chi connectivity index (χ4v) is 4.27. The molecule has 5 aromatic rings. The third-order valence-electron chi connectivity index (χ3n) is 4.71. The molecule has 0 atom stereocenters. The fraction of sp³-hybridized carbons (Fsp3) is 0.100. The molecule has 0 aliphatic heterocycles. The average Bonchev–Trinajstić information content (AvgIpc) is 3.43. The third-order valence-corrected chi connectivity index (χ3v) is 5.91. The number of nitrogens with zero attached hydrogens (tertiary/aromatic N) is 3. The molecule has 0 spiro atoms. The van der Waals surface area contributed by atoms with Crippen molar-refractivity contribution in [1.29, 1.82) is 0 Å². The van der Waals surface area contributed by atoms with Crippen LogP contribution < -0.4 is 10.9 Å². The second-order valence-electron chi connectivity index (χ2n) is 6.65.